The first-order valence-electron chi connectivity index (χ1n) is 6.93. The predicted octanol–water partition coefficient (Wildman–Crippen LogP) is 2.35. The second kappa shape index (κ2) is 7.54. The standard InChI is InChI=1S/C14H21FN2O2S.ClH/c1-10-12(15)6-4-8-14(10)20(18,19)17-13-7-3-2-5-11(13)9-16;/h4,6,8,11,13,17H,2-3,5,7,9,16H2,1H3;1H. The maximum atomic E-state index is 13.5. The predicted molar refractivity (Wildman–Crippen MR) is 83.5 cm³/mol. The van der Waals surface area contributed by atoms with Crippen molar-refractivity contribution < 1.29 is 12.8 Å². The second-order valence-corrected chi connectivity index (χ2v) is 7.05. The maximum absolute atomic E-state index is 13.5. The molecule has 120 valence electrons. The molecule has 1 aliphatic rings. The van der Waals surface area contributed by atoms with E-state index in [9.17, 15) is 12.8 Å². The Morgan fingerprint density at radius 2 is 2.00 bits per heavy atom. The molecule has 0 radical (unpaired) electrons. The first-order chi connectivity index (χ1) is 9.45. The molecule has 0 spiro atoms. The van der Waals surface area contributed by atoms with Crippen LogP contribution in [0.1, 0.15) is 31.2 Å². The molecule has 0 heterocycles. The van der Waals surface area contributed by atoms with Crippen LogP contribution in [0.2, 0.25) is 0 Å². The minimum Gasteiger partial charge on any atom is -0.330 e. The summed E-state index contributed by atoms with van der Waals surface area (Å²) in [6.07, 6.45) is 3.80. The molecule has 3 N–H and O–H groups in total. The van der Waals surface area contributed by atoms with Gasteiger partial charge in [-0.1, -0.05) is 18.9 Å². The molecular formula is C14H22ClFN2O2S. The largest absolute Gasteiger partial charge is 0.330 e. The molecule has 1 aromatic carbocycles. The minimum atomic E-state index is -3.70. The zero-order chi connectivity index (χ0) is 14.8. The molecule has 7 heteroatoms. The van der Waals surface area contributed by atoms with Gasteiger partial charge in [0.05, 0.1) is 4.90 Å². The summed E-state index contributed by atoms with van der Waals surface area (Å²) in [5.41, 5.74) is 5.86. The van der Waals surface area contributed by atoms with Gasteiger partial charge >= 0.3 is 0 Å². The van der Waals surface area contributed by atoms with Crippen LogP contribution in [0, 0.1) is 18.7 Å². The lowest BCUT2D eigenvalue weighted by Crippen LogP contribution is -2.44. The number of benzene rings is 1. The Labute approximate surface area is 131 Å². The van der Waals surface area contributed by atoms with E-state index in [1.807, 2.05) is 0 Å². The van der Waals surface area contributed by atoms with Crippen LogP contribution in [0.3, 0.4) is 0 Å². The number of sulfonamides is 1. The Morgan fingerprint density at radius 1 is 1.33 bits per heavy atom. The highest BCUT2D eigenvalue weighted by molar-refractivity contribution is 7.89. The molecule has 1 fully saturated rings. The summed E-state index contributed by atoms with van der Waals surface area (Å²) in [6.45, 7) is 1.94. The van der Waals surface area contributed by atoms with E-state index in [1.54, 1.807) is 0 Å². The van der Waals surface area contributed by atoms with Crippen molar-refractivity contribution in [3.63, 3.8) is 0 Å². The average molecular weight is 337 g/mol. The Kier molecular flexibility index (Phi) is 6.59. The fourth-order valence-corrected chi connectivity index (χ4v) is 4.38. The molecule has 1 aliphatic carbocycles. The number of nitrogens with two attached hydrogens (primary N) is 1. The molecular weight excluding hydrogens is 315 g/mol. The summed E-state index contributed by atoms with van der Waals surface area (Å²) in [5.74, 6) is -0.348. The summed E-state index contributed by atoms with van der Waals surface area (Å²) in [5, 5.41) is 0. The molecule has 0 amide bonds. The number of rotatable bonds is 4. The third kappa shape index (κ3) is 4.16. The number of hydrogen-bond donors (Lipinski definition) is 2. The molecule has 0 aliphatic heterocycles. The summed E-state index contributed by atoms with van der Waals surface area (Å²) < 4.78 is 41.1. The van der Waals surface area contributed by atoms with Gasteiger partial charge < -0.3 is 5.73 Å². The van der Waals surface area contributed by atoms with Gasteiger partial charge in [-0.15, -0.1) is 12.4 Å². The monoisotopic (exact) mass is 336 g/mol. The first-order valence-corrected chi connectivity index (χ1v) is 8.41. The number of halogens is 2. The number of nitrogens with one attached hydrogen (secondary N) is 1. The lowest BCUT2D eigenvalue weighted by atomic mass is 9.85. The molecule has 0 aromatic heterocycles. The molecule has 21 heavy (non-hydrogen) atoms. The highest BCUT2D eigenvalue weighted by Gasteiger charge is 2.29. The molecule has 1 aromatic rings. The Balaban J connectivity index is 0.00000220. The molecule has 4 nitrogen and oxygen atoms in total. The molecule has 2 unspecified atom stereocenters. The summed E-state index contributed by atoms with van der Waals surface area (Å²) in [6, 6.07) is 3.96. The highest BCUT2D eigenvalue weighted by Crippen LogP contribution is 2.26. The summed E-state index contributed by atoms with van der Waals surface area (Å²) >= 11 is 0. The van der Waals surface area contributed by atoms with Crippen LogP contribution >= 0.6 is 12.4 Å². The van der Waals surface area contributed by atoms with Crippen molar-refractivity contribution in [2.45, 2.75) is 43.5 Å². The van der Waals surface area contributed by atoms with E-state index in [0.717, 1.165) is 25.7 Å². The van der Waals surface area contributed by atoms with Crippen molar-refractivity contribution >= 4 is 22.4 Å². The van der Waals surface area contributed by atoms with E-state index in [2.05, 4.69) is 4.72 Å². The van der Waals surface area contributed by atoms with Crippen LogP contribution in [0.5, 0.6) is 0 Å². The Bertz CT molecular complexity index is 580. The Hall–Kier alpha value is -0.690. The van der Waals surface area contributed by atoms with Crippen LogP contribution in [-0.4, -0.2) is 21.0 Å². The van der Waals surface area contributed by atoms with Gasteiger partial charge in [-0.3, -0.25) is 0 Å². The van der Waals surface area contributed by atoms with E-state index in [-0.39, 0.29) is 34.8 Å². The lowest BCUT2D eigenvalue weighted by molar-refractivity contribution is 0.296. The summed E-state index contributed by atoms with van der Waals surface area (Å²) in [4.78, 5) is 0.0128. The van der Waals surface area contributed by atoms with Crippen molar-refractivity contribution in [1.29, 1.82) is 0 Å². The van der Waals surface area contributed by atoms with Gasteiger partial charge in [-0.2, -0.15) is 0 Å². The van der Waals surface area contributed by atoms with E-state index in [4.69, 9.17) is 5.73 Å². The van der Waals surface area contributed by atoms with Crippen molar-refractivity contribution in [3.8, 4) is 0 Å². The zero-order valence-electron chi connectivity index (χ0n) is 12.0. The third-order valence-electron chi connectivity index (χ3n) is 4.03. The van der Waals surface area contributed by atoms with Gasteiger partial charge in [0, 0.05) is 11.6 Å². The van der Waals surface area contributed by atoms with Crippen molar-refractivity contribution in [2.75, 3.05) is 6.54 Å². The fraction of sp³-hybridized carbons (Fsp3) is 0.571. The van der Waals surface area contributed by atoms with Crippen molar-refractivity contribution in [3.05, 3.63) is 29.6 Å². The fourth-order valence-electron chi connectivity index (χ4n) is 2.79. The van der Waals surface area contributed by atoms with Crippen molar-refractivity contribution in [1.82, 2.24) is 4.72 Å². The van der Waals surface area contributed by atoms with Crippen LogP contribution in [0.4, 0.5) is 4.39 Å². The molecule has 2 rings (SSSR count). The van der Waals surface area contributed by atoms with E-state index < -0.39 is 15.8 Å². The first kappa shape index (κ1) is 18.4. The average Bonchev–Trinajstić information content (AvgIpc) is 2.42. The summed E-state index contributed by atoms with van der Waals surface area (Å²) in [7, 11) is -3.70. The molecule has 1 saturated carbocycles. The highest BCUT2D eigenvalue weighted by atomic mass is 35.5. The van der Waals surface area contributed by atoms with Gasteiger partial charge in [0.1, 0.15) is 5.82 Å². The normalized spacial score (nSPS) is 22.6. The van der Waals surface area contributed by atoms with Gasteiger partial charge in [-0.25, -0.2) is 17.5 Å². The smallest absolute Gasteiger partial charge is 0.241 e. The van der Waals surface area contributed by atoms with E-state index >= 15 is 0 Å². The van der Waals surface area contributed by atoms with Crippen LogP contribution < -0.4 is 10.5 Å². The van der Waals surface area contributed by atoms with Crippen LogP contribution in [-0.2, 0) is 10.0 Å². The quantitative estimate of drug-likeness (QED) is 0.886. The van der Waals surface area contributed by atoms with Crippen molar-refractivity contribution in [2.24, 2.45) is 11.7 Å². The third-order valence-corrected chi connectivity index (χ3v) is 5.66. The number of hydrogen-bond acceptors (Lipinski definition) is 3. The molecule has 2 atom stereocenters. The maximum Gasteiger partial charge on any atom is 0.241 e. The lowest BCUT2D eigenvalue weighted by Gasteiger charge is -2.31. The van der Waals surface area contributed by atoms with Gasteiger partial charge in [-0.05, 0) is 44.4 Å². The zero-order valence-corrected chi connectivity index (χ0v) is 13.6. The van der Waals surface area contributed by atoms with Gasteiger partial charge in [0.25, 0.3) is 0 Å². The minimum absolute atomic E-state index is 0. The van der Waals surface area contributed by atoms with Gasteiger partial charge in [0.2, 0.25) is 10.0 Å². The van der Waals surface area contributed by atoms with Crippen LogP contribution in [0.25, 0.3) is 0 Å². The molecule has 0 bridgehead atoms. The Morgan fingerprint density at radius 3 is 2.67 bits per heavy atom. The second-order valence-electron chi connectivity index (χ2n) is 5.37. The van der Waals surface area contributed by atoms with Crippen LogP contribution in [0.15, 0.2) is 23.1 Å². The van der Waals surface area contributed by atoms with Gasteiger partial charge in [0.15, 0.2) is 0 Å². The SMILES string of the molecule is Cc1c(F)cccc1S(=O)(=O)NC1CCCCC1CN.Cl. The molecule has 0 saturated heterocycles. The van der Waals surface area contributed by atoms with E-state index in [0.29, 0.717) is 6.54 Å². The topological polar surface area (TPSA) is 72.2 Å². The van der Waals surface area contributed by atoms with E-state index in [1.165, 1.54) is 25.1 Å².